The van der Waals surface area contributed by atoms with Gasteiger partial charge in [-0.25, -0.2) is 4.79 Å². The highest BCUT2D eigenvalue weighted by atomic mass is 16.5. The number of nitrogens with zero attached hydrogens (tertiary/aromatic N) is 1. The Bertz CT molecular complexity index is 497. The lowest BCUT2D eigenvalue weighted by molar-refractivity contribution is 0.0526. The first kappa shape index (κ1) is 21.5. The number of aryl methyl sites for hydroxylation is 2. The molecule has 0 N–H and O–H groups in total. The summed E-state index contributed by atoms with van der Waals surface area (Å²) in [5.74, 6) is 0.732. The Morgan fingerprint density at radius 2 is 1.52 bits per heavy atom. The van der Waals surface area contributed by atoms with Gasteiger partial charge in [-0.15, -0.1) is 0 Å². The predicted molar refractivity (Wildman–Crippen MR) is 104 cm³/mol. The van der Waals surface area contributed by atoms with Crippen LogP contribution in [0.3, 0.4) is 0 Å². The van der Waals surface area contributed by atoms with Crippen LogP contribution in [0.15, 0.2) is 12.1 Å². The van der Waals surface area contributed by atoms with Gasteiger partial charge in [0.1, 0.15) is 12.4 Å². The van der Waals surface area contributed by atoms with Crippen LogP contribution in [0.2, 0.25) is 0 Å². The summed E-state index contributed by atoms with van der Waals surface area (Å²) < 4.78 is 11.4. The number of carbonyl (C=O) groups is 1. The highest BCUT2D eigenvalue weighted by Crippen LogP contribution is 2.29. The molecule has 0 aliphatic rings. The number of carbonyl (C=O) groups excluding carboxylic acids is 1. The maximum atomic E-state index is 12.2. The van der Waals surface area contributed by atoms with Gasteiger partial charge in [0.25, 0.3) is 0 Å². The average Bonchev–Trinajstić information content (AvgIpc) is 2.61. The largest absolute Gasteiger partial charge is 0.492 e. The monoisotopic (exact) mass is 349 g/mol. The van der Waals surface area contributed by atoms with E-state index in [4.69, 9.17) is 9.47 Å². The lowest BCUT2D eigenvalue weighted by Crippen LogP contribution is -2.28. The van der Waals surface area contributed by atoms with E-state index in [0.29, 0.717) is 18.8 Å². The summed E-state index contributed by atoms with van der Waals surface area (Å²) >= 11 is 0. The van der Waals surface area contributed by atoms with Crippen LogP contribution in [-0.2, 0) is 17.6 Å². The van der Waals surface area contributed by atoms with E-state index in [1.165, 1.54) is 0 Å². The van der Waals surface area contributed by atoms with Gasteiger partial charge in [-0.3, -0.25) is 0 Å². The van der Waals surface area contributed by atoms with Crippen molar-refractivity contribution >= 4 is 5.97 Å². The van der Waals surface area contributed by atoms with E-state index < -0.39 is 0 Å². The first-order valence-electron chi connectivity index (χ1n) is 9.79. The molecule has 0 heterocycles. The number of benzene rings is 1. The van der Waals surface area contributed by atoms with E-state index in [1.54, 1.807) is 0 Å². The fourth-order valence-electron chi connectivity index (χ4n) is 3.00. The SMILES string of the molecule is CCCc1cc(C(=O)OCC)cc(CCC)c1OCCN(CC)CC. The summed E-state index contributed by atoms with van der Waals surface area (Å²) in [6.45, 7) is 14.5. The lowest BCUT2D eigenvalue weighted by atomic mass is 9.98. The molecule has 0 radical (unpaired) electrons. The molecule has 25 heavy (non-hydrogen) atoms. The van der Waals surface area contributed by atoms with Crippen molar-refractivity contribution in [3.8, 4) is 5.75 Å². The molecule has 0 bridgehead atoms. The number of hydrogen-bond donors (Lipinski definition) is 0. The van der Waals surface area contributed by atoms with Crippen LogP contribution in [-0.4, -0.2) is 43.7 Å². The number of ether oxygens (including phenoxy) is 2. The maximum Gasteiger partial charge on any atom is 0.338 e. The van der Waals surface area contributed by atoms with Gasteiger partial charge in [-0.2, -0.15) is 0 Å². The zero-order chi connectivity index (χ0) is 18.7. The number of hydrogen-bond acceptors (Lipinski definition) is 4. The van der Waals surface area contributed by atoms with Gasteiger partial charge in [0.05, 0.1) is 12.2 Å². The van der Waals surface area contributed by atoms with Crippen LogP contribution < -0.4 is 4.74 Å². The molecule has 0 saturated carbocycles. The Labute approximate surface area is 153 Å². The summed E-state index contributed by atoms with van der Waals surface area (Å²) in [6, 6.07) is 3.90. The van der Waals surface area contributed by atoms with E-state index in [2.05, 4.69) is 32.6 Å². The van der Waals surface area contributed by atoms with Gasteiger partial charge in [-0.05, 0) is 56.1 Å². The van der Waals surface area contributed by atoms with Crippen molar-refractivity contribution in [2.75, 3.05) is 32.8 Å². The lowest BCUT2D eigenvalue weighted by Gasteiger charge is -2.21. The normalized spacial score (nSPS) is 11.0. The minimum Gasteiger partial charge on any atom is -0.492 e. The molecule has 0 aliphatic carbocycles. The van der Waals surface area contributed by atoms with Crippen LogP contribution >= 0.6 is 0 Å². The van der Waals surface area contributed by atoms with E-state index in [-0.39, 0.29) is 5.97 Å². The van der Waals surface area contributed by atoms with E-state index in [0.717, 1.165) is 62.2 Å². The van der Waals surface area contributed by atoms with Crippen molar-refractivity contribution < 1.29 is 14.3 Å². The van der Waals surface area contributed by atoms with Gasteiger partial charge in [0.15, 0.2) is 0 Å². The molecule has 0 spiro atoms. The summed E-state index contributed by atoms with van der Waals surface area (Å²) in [7, 11) is 0. The Morgan fingerprint density at radius 3 is 1.96 bits per heavy atom. The van der Waals surface area contributed by atoms with Crippen molar-refractivity contribution in [3.63, 3.8) is 0 Å². The highest BCUT2D eigenvalue weighted by Gasteiger charge is 2.16. The van der Waals surface area contributed by atoms with Gasteiger partial charge in [0, 0.05) is 6.54 Å². The van der Waals surface area contributed by atoms with E-state index >= 15 is 0 Å². The average molecular weight is 350 g/mol. The molecule has 0 unspecified atom stereocenters. The first-order chi connectivity index (χ1) is 12.1. The van der Waals surface area contributed by atoms with Gasteiger partial charge in [0.2, 0.25) is 0 Å². The smallest absolute Gasteiger partial charge is 0.338 e. The fourth-order valence-corrected chi connectivity index (χ4v) is 3.00. The van der Waals surface area contributed by atoms with Crippen molar-refractivity contribution in [2.45, 2.75) is 60.3 Å². The minimum absolute atomic E-state index is 0.244. The third-order valence-electron chi connectivity index (χ3n) is 4.34. The fraction of sp³-hybridized carbons (Fsp3) is 0.667. The molecule has 0 atom stereocenters. The molecule has 0 amide bonds. The third-order valence-corrected chi connectivity index (χ3v) is 4.34. The van der Waals surface area contributed by atoms with Gasteiger partial charge in [-0.1, -0.05) is 40.5 Å². The summed E-state index contributed by atoms with van der Waals surface area (Å²) in [6.07, 6.45) is 3.85. The molecule has 0 aliphatic heterocycles. The molecule has 1 aromatic rings. The topological polar surface area (TPSA) is 38.8 Å². The van der Waals surface area contributed by atoms with E-state index in [9.17, 15) is 4.79 Å². The van der Waals surface area contributed by atoms with Crippen LogP contribution in [0, 0.1) is 0 Å². The van der Waals surface area contributed by atoms with Crippen molar-refractivity contribution in [3.05, 3.63) is 28.8 Å². The zero-order valence-electron chi connectivity index (χ0n) is 16.7. The second kappa shape index (κ2) is 11.9. The van der Waals surface area contributed by atoms with Crippen LogP contribution in [0.4, 0.5) is 0 Å². The standard InChI is InChI=1S/C21H35NO3/c1-6-11-17-15-19(21(23)24-10-5)16-18(12-7-2)20(17)25-14-13-22(8-3)9-4/h15-16H,6-14H2,1-5H3. The second-order valence-corrected chi connectivity index (χ2v) is 6.22. The van der Waals surface area contributed by atoms with Gasteiger partial charge < -0.3 is 14.4 Å². The van der Waals surface area contributed by atoms with Crippen molar-refractivity contribution in [1.82, 2.24) is 4.90 Å². The number of rotatable bonds is 12. The van der Waals surface area contributed by atoms with Crippen LogP contribution in [0.5, 0.6) is 5.75 Å². The van der Waals surface area contributed by atoms with Crippen molar-refractivity contribution in [2.24, 2.45) is 0 Å². The molecule has 4 nitrogen and oxygen atoms in total. The zero-order valence-corrected chi connectivity index (χ0v) is 16.7. The maximum absolute atomic E-state index is 12.2. The molecule has 142 valence electrons. The summed E-state index contributed by atoms with van der Waals surface area (Å²) in [5.41, 5.74) is 2.89. The Hall–Kier alpha value is -1.55. The predicted octanol–water partition coefficient (Wildman–Crippen LogP) is 4.49. The van der Waals surface area contributed by atoms with Crippen LogP contribution in [0.25, 0.3) is 0 Å². The molecular formula is C21H35NO3. The molecule has 0 fully saturated rings. The molecule has 0 saturated heterocycles. The molecule has 1 aromatic carbocycles. The first-order valence-corrected chi connectivity index (χ1v) is 9.79. The molecule has 1 rings (SSSR count). The quantitative estimate of drug-likeness (QED) is 0.521. The highest BCUT2D eigenvalue weighted by molar-refractivity contribution is 5.90. The second-order valence-electron chi connectivity index (χ2n) is 6.22. The molecular weight excluding hydrogens is 314 g/mol. The molecule has 0 aromatic heterocycles. The Balaban J connectivity index is 3.07. The minimum atomic E-state index is -0.244. The van der Waals surface area contributed by atoms with Crippen LogP contribution in [0.1, 0.15) is 68.9 Å². The van der Waals surface area contributed by atoms with Gasteiger partial charge >= 0.3 is 5.97 Å². The summed E-state index contributed by atoms with van der Waals surface area (Å²) in [5, 5.41) is 0. The third kappa shape index (κ3) is 6.69. The summed E-state index contributed by atoms with van der Waals surface area (Å²) in [4.78, 5) is 14.5. The van der Waals surface area contributed by atoms with Crippen molar-refractivity contribution in [1.29, 1.82) is 0 Å². The molecule has 4 heteroatoms. The van der Waals surface area contributed by atoms with E-state index in [1.807, 2.05) is 19.1 Å². The Kier molecular flexibility index (Phi) is 10.2. The number of esters is 1. The number of likely N-dealkylation sites (N-methyl/N-ethyl adjacent to an activating group) is 1. The Morgan fingerprint density at radius 1 is 0.960 bits per heavy atom.